The van der Waals surface area contributed by atoms with Gasteiger partial charge < -0.3 is 9.42 Å². The Balaban J connectivity index is 1.57. The highest BCUT2D eigenvalue weighted by atomic mass is 32.1. The molecule has 128 valence electrons. The van der Waals surface area contributed by atoms with Crippen molar-refractivity contribution < 1.29 is 9.32 Å². The molecular formula is C19H24N2O2S. The van der Waals surface area contributed by atoms with Gasteiger partial charge in [-0.25, -0.2) is 0 Å². The van der Waals surface area contributed by atoms with Crippen LogP contribution in [-0.4, -0.2) is 22.5 Å². The average Bonchev–Trinajstić information content (AvgIpc) is 3.26. The maximum atomic E-state index is 13.1. The van der Waals surface area contributed by atoms with Gasteiger partial charge in [0, 0.05) is 17.5 Å². The lowest BCUT2D eigenvalue weighted by Gasteiger charge is -2.22. The Bertz CT molecular complexity index is 708. The van der Waals surface area contributed by atoms with E-state index in [9.17, 15) is 4.79 Å². The van der Waals surface area contributed by atoms with Crippen LogP contribution in [0.4, 0.5) is 0 Å². The molecule has 0 aromatic carbocycles. The lowest BCUT2D eigenvalue weighted by molar-refractivity contribution is 0.0735. The molecule has 4 rings (SSSR count). The molecule has 0 N–H and O–H groups in total. The lowest BCUT2D eigenvalue weighted by Crippen LogP contribution is -2.30. The molecule has 4 nitrogen and oxygen atoms in total. The van der Waals surface area contributed by atoms with Gasteiger partial charge in [0.25, 0.3) is 5.91 Å². The molecule has 0 bridgehead atoms. The minimum atomic E-state index is 0.0691. The van der Waals surface area contributed by atoms with Crippen molar-refractivity contribution in [3.05, 3.63) is 38.9 Å². The van der Waals surface area contributed by atoms with Gasteiger partial charge in [-0.2, -0.15) is 0 Å². The first kappa shape index (κ1) is 15.9. The number of carbonyl (C=O) groups is 1. The fourth-order valence-electron chi connectivity index (χ4n) is 3.95. The summed E-state index contributed by atoms with van der Waals surface area (Å²) in [5.74, 6) is 0.985. The third-order valence-corrected chi connectivity index (χ3v) is 6.43. The van der Waals surface area contributed by atoms with Crippen LogP contribution in [0.1, 0.15) is 76.1 Å². The Morgan fingerprint density at radius 2 is 2.04 bits per heavy atom. The van der Waals surface area contributed by atoms with E-state index in [2.05, 4.69) is 11.2 Å². The second-order valence-corrected chi connectivity index (χ2v) is 8.13. The van der Waals surface area contributed by atoms with E-state index in [0.717, 1.165) is 48.6 Å². The van der Waals surface area contributed by atoms with Gasteiger partial charge in [-0.15, -0.1) is 11.3 Å². The van der Waals surface area contributed by atoms with Crippen LogP contribution < -0.4 is 0 Å². The van der Waals surface area contributed by atoms with Crippen molar-refractivity contribution in [3.63, 3.8) is 0 Å². The molecule has 2 aromatic heterocycles. The Kier molecular flexibility index (Phi) is 4.44. The molecule has 0 saturated carbocycles. The first-order chi connectivity index (χ1) is 11.7. The normalized spacial score (nSPS) is 21.4. The topological polar surface area (TPSA) is 46.3 Å². The quantitative estimate of drug-likeness (QED) is 0.794. The summed E-state index contributed by atoms with van der Waals surface area (Å²) in [4.78, 5) is 17.4. The largest absolute Gasteiger partial charge is 0.361 e. The van der Waals surface area contributed by atoms with Crippen LogP contribution in [0.25, 0.3) is 0 Å². The van der Waals surface area contributed by atoms with Crippen molar-refractivity contribution in [3.8, 4) is 0 Å². The first-order valence-electron chi connectivity index (χ1n) is 9.08. The van der Waals surface area contributed by atoms with Crippen molar-refractivity contribution in [1.29, 1.82) is 0 Å². The number of thiophene rings is 1. The molecule has 5 heteroatoms. The van der Waals surface area contributed by atoms with Crippen molar-refractivity contribution in [2.75, 3.05) is 6.54 Å². The Labute approximate surface area is 146 Å². The average molecular weight is 344 g/mol. The van der Waals surface area contributed by atoms with Crippen LogP contribution >= 0.6 is 11.3 Å². The van der Waals surface area contributed by atoms with E-state index >= 15 is 0 Å². The fourth-order valence-corrected chi connectivity index (χ4v) is 5.16. The molecule has 24 heavy (non-hydrogen) atoms. The summed E-state index contributed by atoms with van der Waals surface area (Å²) >= 11 is 1.72. The molecular weight excluding hydrogens is 320 g/mol. The van der Waals surface area contributed by atoms with Crippen LogP contribution in [0.15, 0.2) is 16.7 Å². The van der Waals surface area contributed by atoms with Gasteiger partial charge in [0.1, 0.15) is 11.5 Å². The van der Waals surface area contributed by atoms with Crippen molar-refractivity contribution in [2.45, 2.75) is 64.3 Å². The van der Waals surface area contributed by atoms with E-state index in [0.29, 0.717) is 0 Å². The van der Waals surface area contributed by atoms with Gasteiger partial charge in [-0.1, -0.05) is 18.0 Å². The Morgan fingerprint density at radius 1 is 1.21 bits per heavy atom. The fraction of sp³-hybridized carbons (Fsp3) is 0.579. The smallest absolute Gasteiger partial charge is 0.264 e. The summed E-state index contributed by atoms with van der Waals surface area (Å²) in [5.41, 5.74) is 2.31. The highest BCUT2D eigenvalue weighted by Gasteiger charge is 2.33. The molecule has 1 atom stereocenters. The zero-order valence-electron chi connectivity index (χ0n) is 14.2. The van der Waals surface area contributed by atoms with Crippen molar-refractivity contribution >= 4 is 17.2 Å². The number of likely N-dealkylation sites (tertiary alicyclic amines) is 1. The number of hydrogen-bond donors (Lipinski definition) is 0. The van der Waals surface area contributed by atoms with Crippen LogP contribution in [-0.2, 0) is 12.8 Å². The number of carbonyl (C=O) groups excluding carboxylic acids is 1. The summed E-state index contributed by atoms with van der Waals surface area (Å²) in [5, 5.41) is 4.15. The van der Waals surface area contributed by atoms with E-state index in [1.807, 2.05) is 17.9 Å². The van der Waals surface area contributed by atoms with E-state index in [1.54, 1.807) is 11.3 Å². The summed E-state index contributed by atoms with van der Waals surface area (Å²) in [7, 11) is 0. The van der Waals surface area contributed by atoms with E-state index in [4.69, 9.17) is 4.52 Å². The second-order valence-electron chi connectivity index (χ2n) is 6.99. The van der Waals surface area contributed by atoms with Crippen molar-refractivity contribution in [1.82, 2.24) is 10.1 Å². The van der Waals surface area contributed by atoms with Gasteiger partial charge in [-0.3, -0.25) is 4.79 Å². The SMILES string of the molecule is Cc1cc(C2CCCN2C(=O)c2cc3c(s2)CCCCCC3)no1. The Morgan fingerprint density at radius 3 is 2.83 bits per heavy atom. The zero-order valence-corrected chi connectivity index (χ0v) is 15.0. The molecule has 0 spiro atoms. The second kappa shape index (κ2) is 6.71. The standard InChI is InChI=1S/C19H24N2O2S/c1-13-11-15(20-23-13)16-8-6-10-21(16)19(22)18-12-14-7-4-2-3-5-9-17(14)24-18/h11-12,16H,2-10H2,1H3. The van der Waals surface area contributed by atoms with Crippen LogP contribution in [0.5, 0.6) is 0 Å². The highest BCUT2D eigenvalue weighted by Crippen LogP contribution is 2.35. The van der Waals surface area contributed by atoms with Crippen LogP contribution in [0.2, 0.25) is 0 Å². The van der Waals surface area contributed by atoms with Gasteiger partial charge >= 0.3 is 0 Å². The van der Waals surface area contributed by atoms with E-state index in [-0.39, 0.29) is 11.9 Å². The molecule has 1 amide bonds. The summed E-state index contributed by atoms with van der Waals surface area (Å²) in [6, 6.07) is 4.20. The maximum absolute atomic E-state index is 13.1. The number of nitrogens with zero attached hydrogens (tertiary/aromatic N) is 2. The summed E-state index contributed by atoms with van der Waals surface area (Å²) in [6.07, 6.45) is 9.42. The van der Waals surface area contributed by atoms with Gasteiger partial charge in [-0.05, 0) is 57.1 Å². The van der Waals surface area contributed by atoms with Gasteiger partial charge in [0.2, 0.25) is 0 Å². The number of amides is 1. The highest BCUT2D eigenvalue weighted by molar-refractivity contribution is 7.14. The van der Waals surface area contributed by atoms with Gasteiger partial charge in [0.05, 0.1) is 10.9 Å². The molecule has 1 unspecified atom stereocenters. The molecule has 3 heterocycles. The van der Waals surface area contributed by atoms with Crippen LogP contribution in [0, 0.1) is 6.92 Å². The predicted molar refractivity (Wildman–Crippen MR) is 94.4 cm³/mol. The zero-order chi connectivity index (χ0) is 16.5. The molecule has 1 saturated heterocycles. The third kappa shape index (κ3) is 3.02. The monoisotopic (exact) mass is 344 g/mol. The summed E-state index contributed by atoms with van der Waals surface area (Å²) in [6.45, 7) is 2.72. The Hall–Kier alpha value is -1.62. The number of rotatable bonds is 2. The maximum Gasteiger partial charge on any atom is 0.264 e. The molecule has 0 radical (unpaired) electrons. The minimum absolute atomic E-state index is 0.0691. The first-order valence-corrected chi connectivity index (χ1v) is 9.90. The molecule has 2 aliphatic rings. The predicted octanol–water partition coefficient (Wildman–Crippen LogP) is 4.68. The summed E-state index contributed by atoms with van der Waals surface area (Å²) < 4.78 is 5.22. The van der Waals surface area contributed by atoms with Gasteiger partial charge in [0.15, 0.2) is 0 Å². The van der Waals surface area contributed by atoms with E-state index in [1.165, 1.54) is 36.1 Å². The molecule has 1 fully saturated rings. The number of hydrogen-bond acceptors (Lipinski definition) is 4. The molecule has 1 aliphatic heterocycles. The number of aryl methyl sites for hydroxylation is 3. The van der Waals surface area contributed by atoms with E-state index < -0.39 is 0 Å². The van der Waals surface area contributed by atoms with Crippen LogP contribution in [0.3, 0.4) is 0 Å². The number of aromatic nitrogens is 1. The molecule has 1 aliphatic carbocycles. The third-order valence-electron chi connectivity index (χ3n) is 5.21. The van der Waals surface area contributed by atoms with Crippen molar-refractivity contribution in [2.24, 2.45) is 0 Å². The molecule has 2 aromatic rings. The minimum Gasteiger partial charge on any atom is -0.361 e. The number of fused-ring (bicyclic) bond motifs is 1. The lowest BCUT2D eigenvalue weighted by atomic mass is 9.99.